The molecule has 0 unspecified atom stereocenters. The second-order valence-electron chi connectivity index (χ2n) is 6.19. The number of ether oxygens (including phenoxy) is 1. The number of hydrogen-bond acceptors (Lipinski definition) is 4. The van der Waals surface area contributed by atoms with Crippen molar-refractivity contribution >= 4 is 39.3 Å². The maximum absolute atomic E-state index is 12.4. The third kappa shape index (κ3) is 5.17. The van der Waals surface area contributed by atoms with Crippen LogP contribution in [0, 0.1) is 0 Å². The molecule has 1 fully saturated rings. The summed E-state index contributed by atoms with van der Waals surface area (Å²) in [5.74, 6) is 2.50. The van der Waals surface area contributed by atoms with Gasteiger partial charge in [-0.15, -0.1) is 11.8 Å². The summed E-state index contributed by atoms with van der Waals surface area (Å²) < 4.78 is 6.28. The normalized spacial score (nSPS) is 14.4. The summed E-state index contributed by atoms with van der Waals surface area (Å²) >= 11 is 5.16. The lowest BCUT2D eigenvalue weighted by Crippen LogP contribution is -2.49. The number of hydrogen-bond donors (Lipinski definition) is 0. The highest BCUT2D eigenvalue weighted by molar-refractivity contribution is 9.10. The topological polar surface area (TPSA) is 32.8 Å². The number of piperazine rings is 1. The standard InChI is InChI=1S/C20H23BrN2O2S/c1-25-19-7-5-18(6-8-19)22-9-11-23(12-10-22)20(24)15-26-14-16-3-2-4-17(21)13-16/h2-8,13H,9-12,14-15H2,1H3. The summed E-state index contributed by atoms with van der Waals surface area (Å²) in [5, 5.41) is 0. The van der Waals surface area contributed by atoms with Crippen LogP contribution in [0.4, 0.5) is 5.69 Å². The third-order valence-electron chi connectivity index (χ3n) is 4.45. The summed E-state index contributed by atoms with van der Waals surface area (Å²) in [7, 11) is 1.67. The van der Waals surface area contributed by atoms with E-state index in [1.165, 1.54) is 11.3 Å². The first-order valence-electron chi connectivity index (χ1n) is 8.64. The van der Waals surface area contributed by atoms with Crippen molar-refractivity contribution in [2.45, 2.75) is 5.75 Å². The molecule has 4 nitrogen and oxygen atoms in total. The molecule has 1 aliphatic rings. The van der Waals surface area contributed by atoms with Crippen LogP contribution >= 0.6 is 27.7 Å². The van der Waals surface area contributed by atoms with Gasteiger partial charge in [-0.2, -0.15) is 0 Å². The number of nitrogens with zero attached hydrogens (tertiary/aromatic N) is 2. The molecule has 0 aromatic heterocycles. The summed E-state index contributed by atoms with van der Waals surface area (Å²) in [6.07, 6.45) is 0. The molecule has 1 aliphatic heterocycles. The molecule has 2 aromatic rings. The van der Waals surface area contributed by atoms with Crippen LogP contribution in [-0.4, -0.2) is 49.8 Å². The Kier molecular flexibility index (Phi) is 6.86. The highest BCUT2D eigenvalue weighted by Crippen LogP contribution is 2.21. The Hall–Kier alpha value is -1.66. The number of amides is 1. The smallest absolute Gasteiger partial charge is 0.232 e. The van der Waals surface area contributed by atoms with Crippen molar-refractivity contribution < 1.29 is 9.53 Å². The fraction of sp³-hybridized carbons (Fsp3) is 0.350. The summed E-state index contributed by atoms with van der Waals surface area (Å²) in [5.41, 5.74) is 2.42. The number of anilines is 1. The molecule has 1 amide bonds. The molecule has 1 saturated heterocycles. The molecule has 0 spiro atoms. The monoisotopic (exact) mass is 434 g/mol. The maximum atomic E-state index is 12.4. The van der Waals surface area contributed by atoms with E-state index >= 15 is 0 Å². The first-order valence-corrected chi connectivity index (χ1v) is 10.6. The minimum Gasteiger partial charge on any atom is -0.497 e. The lowest BCUT2D eigenvalue weighted by molar-refractivity contribution is -0.128. The lowest BCUT2D eigenvalue weighted by atomic mass is 10.2. The molecule has 0 radical (unpaired) electrons. The molecule has 0 atom stereocenters. The second kappa shape index (κ2) is 9.33. The molecule has 0 N–H and O–H groups in total. The van der Waals surface area contributed by atoms with Crippen molar-refractivity contribution in [1.29, 1.82) is 0 Å². The van der Waals surface area contributed by atoms with Gasteiger partial charge in [-0.3, -0.25) is 4.79 Å². The fourth-order valence-corrected chi connectivity index (χ4v) is 4.30. The summed E-state index contributed by atoms with van der Waals surface area (Å²) in [4.78, 5) is 16.7. The average Bonchev–Trinajstić information content (AvgIpc) is 2.68. The maximum Gasteiger partial charge on any atom is 0.232 e. The molecule has 2 aromatic carbocycles. The highest BCUT2D eigenvalue weighted by Gasteiger charge is 2.21. The van der Waals surface area contributed by atoms with Crippen LogP contribution < -0.4 is 9.64 Å². The van der Waals surface area contributed by atoms with Crippen molar-refractivity contribution in [2.75, 3.05) is 43.9 Å². The van der Waals surface area contributed by atoms with E-state index in [0.717, 1.165) is 42.2 Å². The Morgan fingerprint density at radius 1 is 1.12 bits per heavy atom. The van der Waals surface area contributed by atoms with Gasteiger partial charge in [-0.05, 0) is 42.0 Å². The molecule has 0 bridgehead atoms. The van der Waals surface area contributed by atoms with Crippen LogP contribution in [0.15, 0.2) is 53.0 Å². The van der Waals surface area contributed by atoms with Gasteiger partial charge in [0.15, 0.2) is 0 Å². The van der Waals surface area contributed by atoms with Crippen molar-refractivity contribution in [3.63, 3.8) is 0 Å². The van der Waals surface area contributed by atoms with Gasteiger partial charge in [-0.1, -0.05) is 28.1 Å². The average molecular weight is 435 g/mol. The van der Waals surface area contributed by atoms with Crippen LogP contribution in [0.2, 0.25) is 0 Å². The zero-order valence-corrected chi connectivity index (χ0v) is 17.3. The molecule has 26 heavy (non-hydrogen) atoms. The molecular formula is C20H23BrN2O2S. The van der Waals surface area contributed by atoms with Gasteiger partial charge >= 0.3 is 0 Å². The second-order valence-corrected chi connectivity index (χ2v) is 8.09. The van der Waals surface area contributed by atoms with Gasteiger partial charge < -0.3 is 14.5 Å². The van der Waals surface area contributed by atoms with Crippen LogP contribution in [0.5, 0.6) is 5.75 Å². The number of methoxy groups -OCH3 is 1. The Morgan fingerprint density at radius 3 is 2.50 bits per heavy atom. The quantitative estimate of drug-likeness (QED) is 0.686. The van der Waals surface area contributed by atoms with E-state index < -0.39 is 0 Å². The van der Waals surface area contributed by atoms with Gasteiger partial charge in [0.1, 0.15) is 5.75 Å². The van der Waals surface area contributed by atoms with Crippen LogP contribution in [0.25, 0.3) is 0 Å². The molecular weight excluding hydrogens is 412 g/mol. The van der Waals surface area contributed by atoms with E-state index in [-0.39, 0.29) is 5.91 Å². The number of carbonyl (C=O) groups excluding carboxylic acids is 1. The predicted molar refractivity (Wildman–Crippen MR) is 112 cm³/mol. The molecule has 0 aliphatic carbocycles. The molecule has 138 valence electrons. The van der Waals surface area contributed by atoms with E-state index in [2.05, 4.69) is 45.1 Å². The van der Waals surface area contributed by atoms with Gasteiger partial charge in [0.25, 0.3) is 0 Å². The first-order chi connectivity index (χ1) is 12.7. The number of rotatable bonds is 6. The van der Waals surface area contributed by atoms with Crippen molar-refractivity contribution in [2.24, 2.45) is 0 Å². The third-order valence-corrected chi connectivity index (χ3v) is 5.94. The minimum absolute atomic E-state index is 0.236. The van der Waals surface area contributed by atoms with E-state index in [1.807, 2.05) is 29.2 Å². The van der Waals surface area contributed by atoms with E-state index in [1.54, 1.807) is 18.9 Å². The Bertz CT molecular complexity index is 731. The Balaban J connectivity index is 1.43. The summed E-state index contributed by atoms with van der Waals surface area (Å²) in [6, 6.07) is 16.3. The minimum atomic E-state index is 0.236. The largest absolute Gasteiger partial charge is 0.497 e. The predicted octanol–water partition coefficient (Wildman–Crippen LogP) is 4.04. The number of benzene rings is 2. The van der Waals surface area contributed by atoms with Gasteiger partial charge in [0, 0.05) is 42.1 Å². The highest BCUT2D eigenvalue weighted by atomic mass is 79.9. The molecule has 0 saturated carbocycles. The van der Waals surface area contributed by atoms with Crippen LogP contribution in [-0.2, 0) is 10.5 Å². The van der Waals surface area contributed by atoms with Crippen molar-refractivity contribution in [3.8, 4) is 5.75 Å². The first kappa shape index (κ1) is 19.1. The van der Waals surface area contributed by atoms with E-state index in [0.29, 0.717) is 5.75 Å². The zero-order valence-electron chi connectivity index (χ0n) is 14.9. The van der Waals surface area contributed by atoms with Gasteiger partial charge in [-0.25, -0.2) is 0 Å². The Labute approximate surface area is 167 Å². The van der Waals surface area contributed by atoms with E-state index in [9.17, 15) is 4.79 Å². The van der Waals surface area contributed by atoms with Crippen molar-refractivity contribution in [1.82, 2.24) is 4.90 Å². The number of halogens is 1. The molecule has 3 rings (SSSR count). The van der Waals surface area contributed by atoms with Crippen LogP contribution in [0.3, 0.4) is 0 Å². The molecule has 1 heterocycles. The number of thioether (sulfide) groups is 1. The van der Waals surface area contributed by atoms with Gasteiger partial charge in [0.2, 0.25) is 5.91 Å². The van der Waals surface area contributed by atoms with E-state index in [4.69, 9.17) is 4.74 Å². The fourth-order valence-electron chi connectivity index (χ4n) is 2.98. The SMILES string of the molecule is COc1ccc(N2CCN(C(=O)CSCc3cccc(Br)c3)CC2)cc1. The summed E-state index contributed by atoms with van der Waals surface area (Å²) in [6.45, 7) is 3.30. The zero-order chi connectivity index (χ0) is 18.4. The lowest BCUT2D eigenvalue weighted by Gasteiger charge is -2.36. The number of carbonyl (C=O) groups is 1. The molecule has 6 heteroatoms. The van der Waals surface area contributed by atoms with Crippen LogP contribution in [0.1, 0.15) is 5.56 Å². The van der Waals surface area contributed by atoms with Gasteiger partial charge in [0.05, 0.1) is 12.9 Å². The Morgan fingerprint density at radius 2 is 1.85 bits per heavy atom. The van der Waals surface area contributed by atoms with Crippen molar-refractivity contribution in [3.05, 3.63) is 58.6 Å².